The fraction of sp³-hybridized carbons (Fsp3) is 0.533. The summed E-state index contributed by atoms with van der Waals surface area (Å²) in [5.41, 5.74) is 2.27. The summed E-state index contributed by atoms with van der Waals surface area (Å²) in [4.78, 5) is 4.30. The van der Waals surface area contributed by atoms with E-state index in [4.69, 9.17) is 4.42 Å². The average Bonchev–Trinajstić information content (AvgIpc) is 2.91. The number of nitrogens with one attached hydrogen (secondary N) is 1. The molecule has 0 amide bonds. The lowest BCUT2D eigenvalue weighted by atomic mass is 10.2. The van der Waals surface area contributed by atoms with E-state index in [0.29, 0.717) is 5.92 Å². The molecule has 0 bridgehead atoms. The quantitative estimate of drug-likeness (QED) is 0.869. The van der Waals surface area contributed by atoms with Crippen LogP contribution >= 0.6 is 0 Å². The molecule has 2 aromatic heterocycles. The summed E-state index contributed by atoms with van der Waals surface area (Å²) >= 11 is 0. The first kappa shape index (κ1) is 13.9. The normalized spacial score (nSPS) is 11.4. The Morgan fingerprint density at radius 3 is 2.63 bits per heavy atom. The van der Waals surface area contributed by atoms with Gasteiger partial charge >= 0.3 is 0 Å². The fourth-order valence-corrected chi connectivity index (χ4v) is 1.96. The Balaban J connectivity index is 1.92. The van der Waals surface area contributed by atoms with Crippen LogP contribution in [0.1, 0.15) is 36.8 Å². The third kappa shape index (κ3) is 3.70. The van der Waals surface area contributed by atoms with Gasteiger partial charge in [-0.25, -0.2) is 4.98 Å². The molecular formula is C15H23N3O. The Morgan fingerprint density at radius 2 is 2.00 bits per heavy atom. The van der Waals surface area contributed by atoms with Crippen LogP contribution in [0.25, 0.3) is 0 Å². The maximum atomic E-state index is 5.82. The van der Waals surface area contributed by atoms with E-state index in [1.807, 2.05) is 25.4 Å². The molecule has 2 heterocycles. The Labute approximate surface area is 114 Å². The van der Waals surface area contributed by atoms with E-state index in [1.54, 1.807) is 0 Å². The van der Waals surface area contributed by atoms with Gasteiger partial charge in [-0.2, -0.15) is 0 Å². The number of aryl methyl sites for hydroxylation is 1. The Morgan fingerprint density at radius 1 is 1.26 bits per heavy atom. The molecule has 2 rings (SSSR count). The number of nitrogens with zero attached hydrogens (tertiary/aromatic N) is 2. The molecule has 0 unspecified atom stereocenters. The molecule has 104 valence electrons. The van der Waals surface area contributed by atoms with Crippen molar-refractivity contribution in [3.63, 3.8) is 0 Å². The van der Waals surface area contributed by atoms with Crippen molar-refractivity contribution >= 4 is 0 Å². The highest BCUT2D eigenvalue weighted by Gasteiger charge is 2.06. The number of rotatable bonds is 6. The van der Waals surface area contributed by atoms with Gasteiger partial charge in [0.2, 0.25) is 0 Å². The van der Waals surface area contributed by atoms with Gasteiger partial charge < -0.3 is 14.3 Å². The topological polar surface area (TPSA) is 43.0 Å². The fourth-order valence-electron chi connectivity index (χ4n) is 1.96. The lowest BCUT2D eigenvalue weighted by Gasteiger charge is -2.05. The van der Waals surface area contributed by atoms with Crippen LogP contribution < -0.4 is 5.32 Å². The molecule has 4 nitrogen and oxygen atoms in total. The van der Waals surface area contributed by atoms with Gasteiger partial charge in [-0.3, -0.25) is 0 Å². The van der Waals surface area contributed by atoms with E-state index in [-0.39, 0.29) is 0 Å². The summed E-state index contributed by atoms with van der Waals surface area (Å²) in [6.07, 6.45) is 1.86. The molecule has 0 fully saturated rings. The summed E-state index contributed by atoms with van der Waals surface area (Å²) in [6.45, 7) is 11.0. The first-order chi connectivity index (χ1) is 9.06. The Hall–Kier alpha value is -1.55. The second kappa shape index (κ2) is 6.06. The van der Waals surface area contributed by atoms with Crippen molar-refractivity contribution in [2.24, 2.45) is 5.92 Å². The van der Waals surface area contributed by atoms with Crippen molar-refractivity contribution in [2.75, 3.05) is 6.54 Å². The van der Waals surface area contributed by atoms with Crippen LogP contribution in [-0.4, -0.2) is 16.1 Å². The molecule has 0 saturated carbocycles. The van der Waals surface area contributed by atoms with E-state index in [0.717, 1.165) is 36.8 Å². The van der Waals surface area contributed by atoms with Gasteiger partial charge in [0.05, 0.1) is 25.1 Å². The van der Waals surface area contributed by atoms with E-state index in [1.165, 1.54) is 5.69 Å². The summed E-state index contributed by atoms with van der Waals surface area (Å²) in [7, 11) is 0. The number of hydrogen-bond donors (Lipinski definition) is 1. The minimum Gasteiger partial charge on any atom is -0.463 e. The van der Waals surface area contributed by atoms with Crippen molar-refractivity contribution in [3.8, 4) is 0 Å². The monoisotopic (exact) mass is 261 g/mol. The van der Waals surface area contributed by atoms with Gasteiger partial charge in [0.1, 0.15) is 11.5 Å². The number of furan rings is 1. The van der Waals surface area contributed by atoms with E-state index in [2.05, 4.69) is 35.6 Å². The minimum absolute atomic E-state index is 0.658. The summed E-state index contributed by atoms with van der Waals surface area (Å²) in [5, 5.41) is 3.38. The van der Waals surface area contributed by atoms with Crippen LogP contribution in [0.15, 0.2) is 22.9 Å². The van der Waals surface area contributed by atoms with E-state index >= 15 is 0 Å². The first-order valence-electron chi connectivity index (χ1n) is 6.83. The zero-order chi connectivity index (χ0) is 13.8. The van der Waals surface area contributed by atoms with Crippen LogP contribution in [0.4, 0.5) is 0 Å². The molecule has 0 radical (unpaired) electrons. The van der Waals surface area contributed by atoms with Crippen molar-refractivity contribution in [1.82, 2.24) is 14.9 Å². The maximum absolute atomic E-state index is 5.82. The first-order valence-corrected chi connectivity index (χ1v) is 6.83. The number of hydrogen-bond acceptors (Lipinski definition) is 3. The second-order valence-electron chi connectivity index (χ2n) is 5.44. The molecule has 0 saturated heterocycles. The smallest absolute Gasteiger partial charge is 0.123 e. The van der Waals surface area contributed by atoms with Gasteiger partial charge in [-0.05, 0) is 38.4 Å². The van der Waals surface area contributed by atoms with Crippen molar-refractivity contribution in [2.45, 2.75) is 40.8 Å². The highest BCUT2D eigenvalue weighted by molar-refractivity contribution is 5.12. The van der Waals surface area contributed by atoms with Crippen molar-refractivity contribution in [3.05, 3.63) is 41.4 Å². The lowest BCUT2D eigenvalue weighted by Crippen LogP contribution is -2.18. The third-order valence-electron chi connectivity index (χ3n) is 3.24. The zero-order valence-electron chi connectivity index (χ0n) is 12.2. The van der Waals surface area contributed by atoms with Gasteiger partial charge in [0.25, 0.3) is 0 Å². The molecule has 0 aliphatic rings. The van der Waals surface area contributed by atoms with Crippen LogP contribution in [0, 0.1) is 19.8 Å². The third-order valence-corrected chi connectivity index (χ3v) is 3.24. The SMILES string of the molecule is Cc1ncn(Cc2ccc(CNCC(C)C)o2)c1C. The molecule has 4 heteroatoms. The minimum atomic E-state index is 0.658. The maximum Gasteiger partial charge on any atom is 0.123 e. The predicted molar refractivity (Wildman–Crippen MR) is 76.1 cm³/mol. The van der Waals surface area contributed by atoms with Crippen molar-refractivity contribution < 1.29 is 4.42 Å². The Kier molecular flexibility index (Phi) is 4.43. The highest BCUT2D eigenvalue weighted by atomic mass is 16.3. The van der Waals surface area contributed by atoms with Gasteiger partial charge in [-0.1, -0.05) is 13.8 Å². The zero-order valence-corrected chi connectivity index (χ0v) is 12.2. The molecular weight excluding hydrogens is 238 g/mol. The molecule has 0 atom stereocenters. The van der Waals surface area contributed by atoms with Crippen LogP contribution in [-0.2, 0) is 13.1 Å². The second-order valence-corrected chi connectivity index (χ2v) is 5.44. The van der Waals surface area contributed by atoms with E-state index < -0.39 is 0 Å². The predicted octanol–water partition coefficient (Wildman–Crippen LogP) is 2.89. The molecule has 1 N–H and O–H groups in total. The number of aromatic nitrogens is 2. The van der Waals surface area contributed by atoms with Crippen LogP contribution in [0.5, 0.6) is 0 Å². The molecule has 0 aliphatic carbocycles. The molecule has 0 spiro atoms. The summed E-state index contributed by atoms with van der Waals surface area (Å²) < 4.78 is 7.93. The van der Waals surface area contributed by atoms with Crippen LogP contribution in [0.2, 0.25) is 0 Å². The van der Waals surface area contributed by atoms with E-state index in [9.17, 15) is 0 Å². The lowest BCUT2D eigenvalue weighted by molar-refractivity contribution is 0.428. The highest BCUT2D eigenvalue weighted by Crippen LogP contribution is 2.12. The molecule has 0 aromatic carbocycles. The van der Waals surface area contributed by atoms with Gasteiger partial charge in [0.15, 0.2) is 0 Å². The van der Waals surface area contributed by atoms with Crippen LogP contribution in [0.3, 0.4) is 0 Å². The summed E-state index contributed by atoms with van der Waals surface area (Å²) in [5.74, 6) is 2.62. The summed E-state index contributed by atoms with van der Waals surface area (Å²) in [6, 6.07) is 4.09. The Bertz CT molecular complexity index is 525. The van der Waals surface area contributed by atoms with Gasteiger partial charge in [-0.15, -0.1) is 0 Å². The largest absolute Gasteiger partial charge is 0.463 e. The molecule has 19 heavy (non-hydrogen) atoms. The molecule has 0 aliphatic heterocycles. The standard InChI is InChI=1S/C15H23N3O/c1-11(2)7-16-8-14-5-6-15(19-14)9-18-10-17-12(3)13(18)4/h5-6,10-11,16H,7-9H2,1-4H3. The number of imidazole rings is 1. The average molecular weight is 261 g/mol. The van der Waals surface area contributed by atoms with Crippen molar-refractivity contribution in [1.29, 1.82) is 0 Å². The molecule has 2 aromatic rings. The van der Waals surface area contributed by atoms with Gasteiger partial charge in [0, 0.05) is 5.69 Å².